The quantitative estimate of drug-likeness (QED) is 0.297. The highest BCUT2D eigenvalue weighted by molar-refractivity contribution is 6.17. The summed E-state index contributed by atoms with van der Waals surface area (Å²) in [5.74, 6) is 2.53. The first-order valence-electron chi connectivity index (χ1n) is 11.1. The lowest BCUT2D eigenvalue weighted by Gasteiger charge is -2.37. The van der Waals surface area contributed by atoms with Crippen molar-refractivity contribution in [2.75, 3.05) is 45.5 Å². The fourth-order valence-electron chi connectivity index (χ4n) is 3.78. The largest absolute Gasteiger partial charge is 0.379 e. The van der Waals surface area contributed by atoms with Crippen LogP contribution in [0.15, 0.2) is 0 Å². The van der Waals surface area contributed by atoms with Crippen molar-refractivity contribution in [3.63, 3.8) is 0 Å². The molecule has 0 saturated heterocycles. The molecule has 1 aliphatic carbocycles. The van der Waals surface area contributed by atoms with Gasteiger partial charge < -0.3 is 19.5 Å². The van der Waals surface area contributed by atoms with E-state index >= 15 is 0 Å². The van der Waals surface area contributed by atoms with E-state index in [0.717, 1.165) is 31.7 Å². The molecule has 0 spiro atoms. The standard InChI is InChI=1S/C22H42ClNO4/c1-18(2)20-9-8-19(3)16-21(20)28-17-22(25)24-11-13-27-15-14-26-12-7-5-4-6-10-23/h18-21H,4-17H2,1-3H3,(H,24,25)/t19-,20?,21?/m1/s1. The van der Waals surface area contributed by atoms with Gasteiger partial charge in [0.15, 0.2) is 0 Å². The van der Waals surface area contributed by atoms with Crippen LogP contribution < -0.4 is 5.32 Å². The summed E-state index contributed by atoms with van der Waals surface area (Å²) in [7, 11) is 0. The van der Waals surface area contributed by atoms with Crippen LogP contribution >= 0.6 is 11.6 Å². The van der Waals surface area contributed by atoms with E-state index in [0.29, 0.717) is 44.1 Å². The summed E-state index contributed by atoms with van der Waals surface area (Å²) in [4.78, 5) is 12.0. The van der Waals surface area contributed by atoms with Crippen molar-refractivity contribution in [3.8, 4) is 0 Å². The number of nitrogens with one attached hydrogen (secondary N) is 1. The lowest BCUT2D eigenvalue weighted by Crippen LogP contribution is -2.38. The maximum absolute atomic E-state index is 12.0. The van der Waals surface area contributed by atoms with Gasteiger partial charge in [-0.2, -0.15) is 0 Å². The zero-order valence-corrected chi connectivity index (χ0v) is 19.0. The number of hydrogen-bond acceptors (Lipinski definition) is 4. The van der Waals surface area contributed by atoms with Gasteiger partial charge in [0.05, 0.1) is 25.9 Å². The highest BCUT2D eigenvalue weighted by Gasteiger charge is 2.31. The first kappa shape index (κ1) is 25.7. The molecule has 3 atom stereocenters. The molecule has 1 aliphatic rings. The third-order valence-electron chi connectivity index (χ3n) is 5.50. The summed E-state index contributed by atoms with van der Waals surface area (Å²) >= 11 is 5.64. The molecule has 1 fully saturated rings. The molecule has 2 unspecified atom stereocenters. The van der Waals surface area contributed by atoms with E-state index in [9.17, 15) is 4.79 Å². The summed E-state index contributed by atoms with van der Waals surface area (Å²) < 4.78 is 17.0. The van der Waals surface area contributed by atoms with E-state index in [1.165, 1.54) is 25.7 Å². The lowest BCUT2D eigenvalue weighted by atomic mass is 9.75. The molecule has 166 valence electrons. The van der Waals surface area contributed by atoms with E-state index in [4.69, 9.17) is 25.8 Å². The normalized spacial score (nSPS) is 22.5. The summed E-state index contributed by atoms with van der Waals surface area (Å²) in [6.07, 6.45) is 8.23. The first-order valence-corrected chi connectivity index (χ1v) is 11.7. The smallest absolute Gasteiger partial charge is 0.246 e. The molecule has 0 aromatic heterocycles. The topological polar surface area (TPSA) is 56.8 Å². The van der Waals surface area contributed by atoms with Crippen molar-refractivity contribution in [3.05, 3.63) is 0 Å². The molecule has 1 rings (SSSR count). The van der Waals surface area contributed by atoms with Gasteiger partial charge in [-0.15, -0.1) is 11.6 Å². The Bertz CT molecular complexity index is 395. The SMILES string of the molecule is CC(C)C1CC[C@@H](C)CC1OCC(=O)NCCOCCOCCCCCCCl. The highest BCUT2D eigenvalue weighted by atomic mass is 35.5. The molecule has 0 aromatic rings. The van der Waals surface area contributed by atoms with Crippen LogP contribution in [0.5, 0.6) is 0 Å². The molecule has 0 aromatic carbocycles. The zero-order valence-electron chi connectivity index (χ0n) is 18.2. The van der Waals surface area contributed by atoms with Crippen LogP contribution in [0, 0.1) is 17.8 Å². The van der Waals surface area contributed by atoms with Gasteiger partial charge >= 0.3 is 0 Å². The maximum atomic E-state index is 12.0. The van der Waals surface area contributed by atoms with Gasteiger partial charge in [0.2, 0.25) is 5.91 Å². The average Bonchev–Trinajstić information content (AvgIpc) is 2.67. The van der Waals surface area contributed by atoms with Crippen molar-refractivity contribution in [1.29, 1.82) is 0 Å². The van der Waals surface area contributed by atoms with Gasteiger partial charge in [0.25, 0.3) is 0 Å². The zero-order chi connectivity index (χ0) is 20.6. The molecule has 28 heavy (non-hydrogen) atoms. The molecule has 5 nitrogen and oxygen atoms in total. The number of ether oxygens (including phenoxy) is 3. The molecule has 0 aliphatic heterocycles. The van der Waals surface area contributed by atoms with Crippen molar-refractivity contribution in [1.82, 2.24) is 5.32 Å². The van der Waals surface area contributed by atoms with Crippen molar-refractivity contribution in [2.45, 2.75) is 71.8 Å². The van der Waals surface area contributed by atoms with Gasteiger partial charge in [-0.1, -0.05) is 40.0 Å². The Morgan fingerprint density at radius 3 is 2.46 bits per heavy atom. The minimum absolute atomic E-state index is 0.0578. The summed E-state index contributed by atoms with van der Waals surface area (Å²) in [5.41, 5.74) is 0. The predicted molar refractivity (Wildman–Crippen MR) is 115 cm³/mol. The van der Waals surface area contributed by atoms with E-state index in [-0.39, 0.29) is 18.6 Å². The van der Waals surface area contributed by atoms with Crippen LogP contribution in [0.2, 0.25) is 0 Å². The molecule has 1 N–H and O–H groups in total. The molecule has 0 bridgehead atoms. The van der Waals surface area contributed by atoms with Gasteiger partial charge in [0.1, 0.15) is 6.61 Å². The predicted octanol–water partition coefficient (Wildman–Crippen LogP) is 4.41. The Kier molecular flexibility index (Phi) is 15.1. The fourth-order valence-corrected chi connectivity index (χ4v) is 3.97. The summed E-state index contributed by atoms with van der Waals surface area (Å²) in [6.45, 7) is 9.86. The molecule has 0 heterocycles. The minimum Gasteiger partial charge on any atom is -0.379 e. The third kappa shape index (κ3) is 12.3. The van der Waals surface area contributed by atoms with E-state index in [1.807, 2.05) is 0 Å². The number of carbonyl (C=O) groups is 1. The van der Waals surface area contributed by atoms with Crippen LogP contribution in [-0.4, -0.2) is 57.5 Å². The average molecular weight is 420 g/mol. The second-order valence-electron chi connectivity index (χ2n) is 8.35. The van der Waals surface area contributed by atoms with Gasteiger partial charge in [0, 0.05) is 19.0 Å². The third-order valence-corrected chi connectivity index (χ3v) is 5.77. The summed E-state index contributed by atoms with van der Waals surface area (Å²) in [6, 6.07) is 0. The number of amides is 1. The number of rotatable bonds is 16. The minimum atomic E-state index is -0.0578. The second-order valence-corrected chi connectivity index (χ2v) is 8.73. The van der Waals surface area contributed by atoms with E-state index in [1.54, 1.807) is 0 Å². The van der Waals surface area contributed by atoms with Crippen LogP contribution in [0.3, 0.4) is 0 Å². The van der Waals surface area contributed by atoms with Crippen LogP contribution in [0.4, 0.5) is 0 Å². The molecule has 0 radical (unpaired) electrons. The Labute approximate surface area is 177 Å². The van der Waals surface area contributed by atoms with Crippen molar-refractivity contribution >= 4 is 17.5 Å². The Balaban J connectivity index is 1.96. The number of unbranched alkanes of at least 4 members (excludes halogenated alkanes) is 3. The van der Waals surface area contributed by atoms with Crippen LogP contribution in [0.25, 0.3) is 0 Å². The van der Waals surface area contributed by atoms with Gasteiger partial charge in [-0.3, -0.25) is 4.79 Å². The monoisotopic (exact) mass is 419 g/mol. The lowest BCUT2D eigenvalue weighted by molar-refractivity contribution is -0.131. The van der Waals surface area contributed by atoms with Gasteiger partial charge in [-0.25, -0.2) is 0 Å². The Hall–Kier alpha value is -0.360. The Morgan fingerprint density at radius 1 is 1.04 bits per heavy atom. The van der Waals surface area contributed by atoms with E-state index < -0.39 is 0 Å². The van der Waals surface area contributed by atoms with Crippen molar-refractivity contribution < 1.29 is 19.0 Å². The second kappa shape index (κ2) is 16.4. The molecular formula is C22H42ClNO4. The van der Waals surface area contributed by atoms with Crippen molar-refractivity contribution in [2.24, 2.45) is 17.8 Å². The number of halogens is 1. The maximum Gasteiger partial charge on any atom is 0.246 e. The van der Waals surface area contributed by atoms with E-state index in [2.05, 4.69) is 26.1 Å². The summed E-state index contributed by atoms with van der Waals surface area (Å²) in [5, 5.41) is 2.87. The van der Waals surface area contributed by atoms with Crippen LogP contribution in [-0.2, 0) is 19.0 Å². The number of alkyl halides is 1. The Morgan fingerprint density at radius 2 is 1.75 bits per heavy atom. The molecular weight excluding hydrogens is 378 g/mol. The number of hydrogen-bond donors (Lipinski definition) is 1. The first-order chi connectivity index (χ1) is 13.5. The molecule has 6 heteroatoms. The fraction of sp³-hybridized carbons (Fsp3) is 0.955. The highest BCUT2D eigenvalue weighted by Crippen LogP contribution is 2.35. The number of carbonyl (C=O) groups excluding carboxylic acids is 1. The van der Waals surface area contributed by atoms with Crippen LogP contribution in [0.1, 0.15) is 65.7 Å². The molecule has 1 amide bonds. The molecule has 1 saturated carbocycles. The van der Waals surface area contributed by atoms with Gasteiger partial charge in [-0.05, 0) is 43.4 Å².